The topological polar surface area (TPSA) is 51.2 Å². The molecule has 1 fully saturated rings. The van der Waals surface area contributed by atoms with Gasteiger partial charge >= 0.3 is 0 Å². The van der Waals surface area contributed by atoms with Crippen LogP contribution in [0.2, 0.25) is 0 Å². The summed E-state index contributed by atoms with van der Waals surface area (Å²) in [6.45, 7) is 3.46. The quantitative estimate of drug-likeness (QED) is 0.773. The summed E-state index contributed by atoms with van der Waals surface area (Å²) in [6.07, 6.45) is 1.77. The third-order valence-corrected chi connectivity index (χ3v) is 4.85. The zero-order valence-electron chi connectivity index (χ0n) is 10.1. The lowest BCUT2D eigenvalue weighted by atomic mass is 10.0. The summed E-state index contributed by atoms with van der Waals surface area (Å²) in [6, 6.07) is 5.00. The van der Waals surface area contributed by atoms with Crippen LogP contribution in [0.25, 0.3) is 0 Å². The van der Waals surface area contributed by atoms with E-state index in [-0.39, 0.29) is 22.3 Å². The van der Waals surface area contributed by atoms with Crippen molar-refractivity contribution in [2.75, 3.05) is 5.75 Å². The van der Waals surface area contributed by atoms with Crippen LogP contribution in [0, 0.1) is 12.8 Å². The number of Topliss-reactive ketones (excluding diaryl/α,β-unsaturated/α-hetero) is 1. The molecule has 0 aliphatic heterocycles. The molecule has 0 radical (unpaired) electrons. The number of carbonyl (C=O) groups excluding carboxylic acids is 1. The van der Waals surface area contributed by atoms with Gasteiger partial charge in [-0.2, -0.15) is 0 Å². The summed E-state index contributed by atoms with van der Waals surface area (Å²) in [4.78, 5) is 12.3. The summed E-state index contributed by atoms with van der Waals surface area (Å²) in [5, 5.41) is 0. The fourth-order valence-corrected chi connectivity index (χ4v) is 2.91. The van der Waals surface area contributed by atoms with Crippen molar-refractivity contribution in [2.45, 2.75) is 31.6 Å². The molecule has 0 N–H and O–H groups in total. The molecule has 0 unspecified atom stereocenters. The van der Waals surface area contributed by atoms with Crippen molar-refractivity contribution in [1.82, 2.24) is 0 Å². The highest BCUT2D eigenvalue weighted by Crippen LogP contribution is 2.34. The molecule has 0 heterocycles. The van der Waals surface area contributed by atoms with E-state index in [1.807, 2.05) is 6.92 Å². The van der Waals surface area contributed by atoms with Crippen molar-refractivity contribution in [3.63, 3.8) is 0 Å². The molecule has 2 rings (SSSR count). The lowest BCUT2D eigenvalue weighted by molar-refractivity contribution is 0.0964. The zero-order valence-corrected chi connectivity index (χ0v) is 10.9. The zero-order chi connectivity index (χ0) is 12.6. The number of rotatable bonds is 4. The van der Waals surface area contributed by atoms with Gasteiger partial charge in [0.15, 0.2) is 15.6 Å². The van der Waals surface area contributed by atoms with Crippen LogP contribution in [-0.4, -0.2) is 20.0 Å². The first-order valence-electron chi connectivity index (χ1n) is 5.83. The molecule has 0 bridgehead atoms. The molecule has 1 aromatic rings. The molecule has 1 saturated carbocycles. The molecule has 1 aliphatic rings. The number of ketones is 1. The maximum Gasteiger partial charge on any atom is 0.178 e. The minimum Gasteiger partial charge on any atom is -0.294 e. The minimum atomic E-state index is -3.32. The highest BCUT2D eigenvalue weighted by molar-refractivity contribution is 7.91. The van der Waals surface area contributed by atoms with E-state index in [2.05, 4.69) is 0 Å². The van der Waals surface area contributed by atoms with Crippen LogP contribution in [0.4, 0.5) is 0 Å². The number of carbonyl (C=O) groups is 1. The fourth-order valence-electron chi connectivity index (χ4n) is 1.83. The molecular formula is C13H16O3S. The van der Waals surface area contributed by atoms with Gasteiger partial charge in [0, 0.05) is 11.5 Å². The van der Waals surface area contributed by atoms with Crippen LogP contribution in [-0.2, 0) is 9.84 Å². The molecule has 92 valence electrons. The highest BCUT2D eigenvalue weighted by atomic mass is 32.2. The molecule has 1 aliphatic carbocycles. The number of aryl methyl sites for hydroxylation is 1. The molecule has 1 aromatic carbocycles. The average Bonchev–Trinajstić information content (AvgIpc) is 3.11. The van der Waals surface area contributed by atoms with E-state index < -0.39 is 9.84 Å². The molecule has 17 heavy (non-hydrogen) atoms. The summed E-state index contributed by atoms with van der Waals surface area (Å²) in [7, 11) is -3.32. The van der Waals surface area contributed by atoms with Crippen molar-refractivity contribution in [1.29, 1.82) is 0 Å². The number of sulfone groups is 1. The van der Waals surface area contributed by atoms with Gasteiger partial charge in [0.2, 0.25) is 0 Å². The van der Waals surface area contributed by atoms with Gasteiger partial charge in [-0.15, -0.1) is 0 Å². The molecule has 0 spiro atoms. The molecule has 3 nitrogen and oxygen atoms in total. The second-order valence-corrected chi connectivity index (χ2v) is 6.79. The SMILES string of the molecule is CCS(=O)(=O)c1ccc(C)cc1C(=O)C1CC1. The van der Waals surface area contributed by atoms with Crippen molar-refractivity contribution < 1.29 is 13.2 Å². The Balaban J connectivity index is 2.55. The van der Waals surface area contributed by atoms with Crippen molar-refractivity contribution in [3.05, 3.63) is 29.3 Å². The van der Waals surface area contributed by atoms with E-state index in [0.717, 1.165) is 18.4 Å². The first kappa shape index (κ1) is 12.3. The predicted molar refractivity (Wildman–Crippen MR) is 66.0 cm³/mol. The summed E-state index contributed by atoms with van der Waals surface area (Å²) >= 11 is 0. The smallest absolute Gasteiger partial charge is 0.178 e. The molecule has 0 atom stereocenters. The van der Waals surface area contributed by atoms with Gasteiger partial charge < -0.3 is 0 Å². The largest absolute Gasteiger partial charge is 0.294 e. The van der Waals surface area contributed by atoms with E-state index in [1.165, 1.54) is 0 Å². The van der Waals surface area contributed by atoms with E-state index in [0.29, 0.717) is 5.56 Å². The maximum atomic E-state index is 12.1. The molecule has 0 saturated heterocycles. The standard InChI is InChI=1S/C13H16O3S/c1-3-17(15,16)12-7-4-9(2)8-11(12)13(14)10-5-6-10/h4,7-8,10H,3,5-6H2,1-2H3. The first-order valence-corrected chi connectivity index (χ1v) is 7.48. The van der Waals surface area contributed by atoms with Crippen LogP contribution in [0.3, 0.4) is 0 Å². The maximum absolute atomic E-state index is 12.1. The molecule has 0 amide bonds. The van der Waals surface area contributed by atoms with Gasteiger partial charge in [0.05, 0.1) is 10.6 Å². The minimum absolute atomic E-state index is 0.0132. The van der Waals surface area contributed by atoms with Gasteiger partial charge in [0.1, 0.15) is 0 Å². The van der Waals surface area contributed by atoms with Crippen LogP contribution < -0.4 is 0 Å². The van der Waals surface area contributed by atoms with Crippen molar-refractivity contribution >= 4 is 15.6 Å². The third kappa shape index (κ3) is 2.41. The second kappa shape index (κ2) is 4.26. The van der Waals surface area contributed by atoms with E-state index >= 15 is 0 Å². The van der Waals surface area contributed by atoms with Gasteiger partial charge in [-0.05, 0) is 31.9 Å². The van der Waals surface area contributed by atoms with Crippen molar-refractivity contribution in [3.8, 4) is 0 Å². The second-order valence-electron chi connectivity index (χ2n) is 4.54. The van der Waals surface area contributed by atoms with Crippen LogP contribution in [0.15, 0.2) is 23.1 Å². The van der Waals surface area contributed by atoms with E-state index in [4.69, 9.17) is 0 Å². The molecular weight excluding hydrogens is 236 g/mol. The van der Waals surface area contributed by atoms with Crippen LogP contribution in [0.1, 0.15) is 35.7 Å². The Hall–Kier alpha value is -1.16. The third-order valence-electron chi connectivity index (χ3n) is 3.06. The highest BCUT2D eigenvalue weighted by Gasteiger charge is 2.33. The van der Waals surface area contributed by atoms with Gasteiger partial charge in [-0.25, -0.2) is 8.42 Å². The van der Waals surface area contributed by atoms with E-state index in [1.54, 1.807) is 25.1 Å². The predicted octanol–water partition coefficient (Wildman–Crippen LogP) is 2.38. The summed E-state index contributed by atoms with van der Waals surface area (Å²) < 4.78 is 23.9. The molecule has 0 aromatic heterocycles. The van der Waals surface area contributed by atoms with E-state index in [9.17, 15) is 13.2 Å². The summed E-state index contributed by atoms with van der Waals surface area (Å²) in [5.41, 5.74) is 1.30. The Labute approximate surface area is 102 Å². The fraction of sp³-hybridized carbons (Fsp3) is 0.462. The Morgan fingerprint density at radius 1 is 1.35 bits per heavy atom. The van der Waals surface area contributed by atoms with Crippen molar-refractivity contribution in [2.24, 2.45) is 5.92 Å². The Morgan fingerprint density at radius 3 is 2.53 bits per heavy atom. The number of hydrogen-bond acceptors (Lipinski definition) is 3. The molecule has 4 heteroatoms. The van der Waals surface area contributed by atoms with Gasteiger partial charge in [0.25, 0.3) is 0 Å². The Kier molecular flexibility index (Phi) is 3.08. The number of benzene rings is 1. The van der Waals surface area contributed by atoms with Crippen LogP contribution >= 0.6 is 0 Å². The normalized spacial score (nSPS) is 15.9. The Morgan fingerprint density at radius 2 is 2.00 bits per heavy atom. The Bertz CT molecular complexity index is 554. The monoisotopic (exact) mass is 252 g/mol. The number of hydrogen-bond donors (Lipinski definition) is 0. The lowest BCUT2D eigenvalue weighted by Gasteiger charge is -2.09. The average molecular weight is 252 g/mol. The first-order chi connectivity index (χ1) is 7.95. The van der Waals surface area contributed by atoms with Gasteiger partial charge in [-0.3, -0.25) is 4.79 Å². The lowest BCUT2D eigenvalue weighted by Crippen LogP contribution is -2.12. The summed E-state index contributed by atoms with van der Waals surface area (Å²) in [5.74, 6) is 0.0596. The van der Waals surface area contributed by atoms with Crippen LogP contribution in [0.5, 0.6) is 0 Å². The van der Waals surface area contributed by atoms with Gasteiger partial charge in [-0.1, -0.05) is 18.6 Å².